The number of benzene rings is 2. The van der Waals surface area contributed by atoms with Crippen molar-refractivity contribution in [3.05, 3.63) is 57.8 Å². The van der Waals surface area contributed by atoms with E-state index >= 15 is 0 Å². The van der Waals surface area contributed by atoms with Crippen molar-refractivity contribution in [1.82, 2.24) is 0 Å². The van der Waals surface area contributed by atoms with Crippen LogP contribution >= 0.6 is 23.2 Å². The van der Waals surface area contributed by atoms with Gasteiger partial charge in [-0.1, -0.05) is 36.0 Å². The summed E-state index contributed by atoms with van der Waals surface area (Å²) in [4.78, 5) is 0. The van der Waals surface area contributed by atoms with Gasteiger partial charge in [-0.2, -0.15) is 0 Å². The highest BCUT2D eigenvalue weighted by Crippen LogP contribution is 2.45. The second-order valence-corrected chi connectivity index (χ2v) is 6.82. The largest absolute Gasteiger partial charge is 0.457 e. The van der Waals surface area contributed by atoms with E-state index in [2.05, 4.69) is 0 Å². The van der Waals surface area contributed by atoms with Crippen LogP contribution in [0.25, 0.3) is 0 Å². The Balaban J connectivity index is 2.00. The molecule has 23 heavy (non-hydrogen) atoms. The zero-order chi connectivity index (χ0) is 16.4. The van der Waals surface area contributed by atoms with Gasteiger partial charge in [-0.05, 0) is 43.2 Å². The summed E-state index contributed by atoms with van der Waals surface area (Å²) in [5.74, 6) is 0.913. The summed E-state index contributed by atoms with van der Waals surface area (Å²) in [7, 11) is 0. The van der Waals surface area contributed by atoms with Crippen LogP contribution in [0.15, 0.2) is 36.4 Å². The summed E-state index contributed by atoms with van der Waals surface area (Å²) in [6, 6.07) is 9.67. The Morgan fingerprint density at radius 2 is 1.78 bits per heavy atom. The summed E-state index contributed by atoms with van der Waals surface area (Å²) < 4.78 is 19.8. The molecule has 1 fully saturated rings. The van der Waals surface area contributed by atoms with E-state index in [9.17, 15) is 4.39 Å². The topological polar surface area (TPSA) is 35.2 Å². The van der Waals surface area contributed by atoms with Crippen molar-refractivity contribution in [2.45, 2.75) is 31.1 Å². The zero-order valence-electron chi connectivity index (χ0n) is 12.6. The van der Waals surface area contributed by atoms with Crippen LogP contribution in [-0.2, 0) is 5.41 Å². The van der Waals surface area contributed by atoms with E-state index in [1.165, 1.54) is 6.07 Å². The average Bonchev–Trinajstić information content (AvgIpc) is 3.03. The second kappa shape index (κ2) is 6.68. The van der Waals surface area contributed by atoms with Crippen molar-refractivity contribution in [2.24, 2.45) is 5.73 Å². The van der Waals surface area contributed by atoms with Gasteiger partial charge in [0.25, 0.3) is 0 Å². The third-order valence-corrected chi connectivity index (χ3v) is 5.32. The van der Waals surface area contributed by atoms with Gasteiger partial charge in [0.1, 0.15) is 17.3 Å². The van der Waals surface area contributed by atoms with E-state index in [-0.39, 0.29) is 11.2 Å². The molecular formula is C18H18Cl2FNO. The first-order valence-corrected chi connectivity index (χ1v) is 8.43. The molecule has 1 aliphatic carbocycles. The Morgan fingerprint density at radius 3 is 2.43 bits per heavy atom. The van der Waals surface area contributed by atoms with Gasteiger partial charge in [-0.3, -0.25) is 0 Å². The molecule has 2 aromatic carbocycles. The maximum Gasteiger partial charge on any atom is 0.131 e. The van der Waals surface area contributed by atoms with E-state index in [1.807, 2.05) is 0 Å². The minimum Gasteiger partial charge on any atom is -0.457 e. The Hall–Kier alpha value is -1.29. The second-order valence-electron chi connectivity index (χ2n) is 6.01. The van der Waals surface area contributed by atoms with Crippen LogP contribution < -0.4 is 10.5 Å². The van der Waals surface area contributed by atoms with Crippen molar-refractivity contribution in [3.63, 3.8) is 0 Å². The first-order chi connectivity index (χ1) is 11.0. The SMILES string of the molecule is NCC1(c2cc(F)ccc2Oc2ccc(Cl)c(Cl)c2)CCCC1. The van der Waals surface area contributed by atoms with E-state index in [4.69, 9.17) is 33.7 Å². The molecule has 0 atom stereocenters. The van der Waals surface area contributed by atoms with Crippen molar-refractivity contribution >= 4 is 23.2 Å². The molecule has 0 bridgehead atoms. The Labute approximate surface area is 145 Å². The molecule has 1 aliphatic rings. The zero-order valence-corrected chi connectivity index (χ0v) is 14.1. The third kappa shape index (κ3) is 3.32. The molecule has 5 heteroatoms. The Kier molecular flexibility index (Phi) is 4.81. The van der Waals surface area contributed by atoms with Crippen LogP contribution in [0.3, 0.4) is 0 Å². The van der Waals surface area contributed by atoms with Crippen LogP contribution in [-0.4, -0.2) is 6.54 Å². The van der Waals surface area contributed by atoms with Gasteiger partial charge >= 0.3 is 0 Å². The molecule has 122 valence electrons. The predicted octanol–water partition coefficient (Wildman–Crippen LogP) is 5.70. The first kappa shape index (κ1) is 16.6. The molecule has 0 unspecified atom stereocenters. The number of halogens is 3. The van der Waals surface area contributed by atoms with E-state index in [0.29, 0.717) is 28.1 Å². The van der Waals surface area contributed by atoms with Gasteiger partial charge in [0.05, 0.1) is 10.0 Å². The monoisotopic (exact) mass is 353 g/mol. The van der Waals surface area contributed by atoms with Crippen LogP contribution in [0, 0.1) is 5.82 Å². The van der Waals surface area contributed by atoms with Crippen LogP contribution in [0.4, 0.5) is 4.39 Å². The summed E-state index contributed by atoms with van der Waals surface area (Å²) in [5.41, 5.74) is 6.66. The molecule has 2 N–H and O–H groups in total. The third-order valence-electron chi connectivity index (χ3n) is 4.58. The molecule has 0 heterocycles. The maximum absolute atomic E-state index is 13.8. The lowest BCUT2D eigenvalue weighted by atomic mass is 9.78. The Morgan fingerprint density at radius 1 is 1.04 bits per heavy atom. The van der Waals surface area contributed by atoms with Gasteiger partial charge in [0, 0.05) is 23.6 Å². The van der Waals surface area contributed by atoms with Crippen molar-refractivity contribution in [1.29, 1.82) is 0 Å². The average molecular weight is 354 g/mol. The molecule has 3 rings (SSSR count). The summed E-state index contributed by atoms with van der Waals surface area (Å²) in [6.07, 6.45) is 4.09. The molecular weight excluding hydrogens is 336 g/mol. The van der Waals surface area contributed by atoms with Crippen molar-refractivity contribution < 1.29 is 9.13 Å². The predicted molar refractivity (Wildman–Crippen MR) is 92.1 cm³/mol. The number of nitrogens with two attached hydrogens (primary N) is 1. The quantitative estimate of drug-likeness (QED) is 0.765. The highest BCUT2D eigenvalue weighted by molar-refractivity contribution is 6.42. The number of ether oxygens (including phenoxy) is 1. The highest BCUT2D eigenvalue weighted by atomic mass is 35.5. The summed E-state index contributed by atoms with van der Waals surface area (Å²) in [5, 5.41) is 0.884. The number of hydrogen-bond donors (Lipinski definition) is 1. The normalized spacial score (nSPS) is 16.5. The fourth-order valence-corrected chi connectivity index (χ4v) is 3.60. The molecule has 0 aliphatic heterocycles. The molecule has 2 aromatic rings. The van der Waals surface area contributed by atoms with Crippen LogP contribution in [0.5, 0.6) is 11.5 Å². The number of rotatable bonds is 4. The van der Waals surface area contributed by atoms with E-state index in [0.717, 1.165) is 31.2 Å². The van der Waals surface area contributed by atoms with Crippen molar-refractivity contribution in [2.75, 3.05) is 6.54 Å². The lowest BCUT2D eigenvalue weighted by Gasteiger charge is -2.29. The molecule has 0 aromatic heterocycles. The highest BCUT2D eigenvalue weighted by Gasteiger charge is 2.37. The first-order valence-electron chi connectivity index (χ1n) is 7.67. The van der Waals surface area contributed by atoms with Crippen molar-refractivity contribution in [3.8, 4) is 11.5 Å². The standard InChI is InChI=1S/C18H18Cl2FNO/c19-15-5-4-13(10-16(15)20)23-17-6-3-12(21)9-14(17)18(11-22)7-1-2-8-18/h3-6,9-10H,1-2,7-8,11,22H2. The van der Waals surface area contributed by atoms with Gasteiger partial charge in [-0.15, -0.1) is 0 Å². The summed E-state index contributed by atoms with van der Waals surface area (Å²) in [6.45, 7) is 0.480. The fraction of sp³-hybridized carbons (Fsp3) is 0.333. The van der Waals surface area contributed by atoms with Gasteiger partial charge in [0.15, 0.2) is 0 Å². The van der Waals surface area contributed by atoms with Crippen LogP contribution in [0.2, 0.25) is 10.0 Å². The maximum atomic E-state index is 13.8. The van der Waals surface area contributed by atoms with Crippen LogP contribution in [0.1, 0.15) is 31.2 Å². The van der Waals surface area contributed by atoms with Gasteiger partial charge in [0.2, 0.25) is 0 Å². The van der Waals surface area contributed by atoms with Gasteiger partial charge in [-0.25, -0.2) is 4.39 Å². The molecule has 2 nitrogen and oxygen atoms in total. The lowest BCUT2D eigenvalue weighted by Crippen LogP contribution is -2.32. The van der Waals surface area contributed by atoms with E-state index < -0.39 is 0 Å². The Bertz CT molecular complexity index is 714. The van der Waals surface area contributed by atoms with Gasteiger partial charge < -0.3 is 10.5 Å². The summed E-state index contributed by atoms with van der Waals surface area (Å²) >= 11 is 12.0. The molecule has 0 saturated heterocycles. The molecule has 0 radical (unpaired) electrons. The smallest absolute Gasteiger partial charge is 0.131 e. The fourth-order valence-electron chi connectivity index (χ4n) is 3.31. The number of hydrogen-bond acceptors (Lipinski definition) is 2. The molecule has 0 spiro atoms. The lowest BCUT2D eigenvalue weighted by molar-refractivity contribution is 0.408. The molecule has 1 saturated carbocycles. The minimum absolute atomic E-state index is 0.215. The minimum atomic E-state index is -0.277. The molecule has 0 amide bonds. The van der Waals surface area contributed by atoms with E-state index in [1.54, 1.807) is 30.3 Å².